The van der Waals surface area contributed by atoms with E-state index in [2.05, 4.69) is 36.7 Å². The molecule has 0 heterocycles. The Balaban J connectivity index is 2.77. The molecular weight excluding hydrogens is 278 g/mol. The van der Waals surface area contributed by atoms with Crippen molar-refractivity contribution in [1.29, 1.82) is 0 Å². The molecule has 0 radical (unpaired) electrons. The third-order valence-electron chi connectivity index (χ3n) is 2.81. The van der Waals surface area contributed by atoms with Gasteiger partial charge in [0, 0.05) is 10.5 Å². The Kier molecular flexibility index (Phi) is 5.02. The molecular formula is C14H22BrNO. The second-order valence-electron chi connectivity index (χ2n) is 5.59. The Labute approximate surface area is 113 Å². The highest BCUT2D eigenvalue weighted by molar-refractivity contribution is 9.10. The minimum absolute atomic E-state index is 0.0544. The van der Waals surface area contributed by atoms with Gasteiger partial charge in [-0.3, -0.25) is 0 Å². The number of hydrogen-bond acceptors (Lipinski definition) is 2. The van der Waals surface area contributed by atoms with Crippen LogP contribution in [0.3, 0.4) is 0 Å². The van der Waals surface area contributed by atoms with Gasteiger partial charge >= 0.3 is 0 Å². The van der Waals surface area contributed by atoms with Gasteiger partial charge in [0.15, 0.2) is 0 Å². The second kappa shape index (κ2) is 5.87. The van der Waals surface area contributed by atoms with Crippen molar-refractivity contribution in [3.8, 4) is 5.75 Å². The first-order valence-electron chi connectivity index (χ1n) is 5.92. The Morgan fingerprint density at radius 2 is 2.00 bits per heavy atom. The van der Waals surface area contributed by atoms with E-state index in [0.29, 0.717) is 5.41 Å². The highest BCUT2D eigenvalue weighted by Crippen LogP contribution is 2.31. The first-order valence-corrected chi connectivity index (χ1v) is 6.72. The average molecular weight is 300 g/mol. The number of ether oxygens (including phenoxy) is 1. The fourth-order valence-corrected chi connectivity index (χ4v) is 2.22. The van der Waals surface area contributed by atoms with Crippen LogP contribution in [0.15, 0.2) is 22.7 Å². The highest BCUT2D eigenvalue weighted by Gasteiger charge is 2.16. The molecule has 96 valence electrons. The molecule has 1 aromatic carbocycles. The van der Waals surface area contributed by atoms with E-state index in [-0.39, 0.29) is 6.04 Å². The molecule has 0 amide bonds. The van der Waals surface area contributed by atoms with Crippen LogP contribution in [0.1, 0.15) is 45.2 Å². The number of halogens is 1. The fraction of sp³-hybridized carbons (Fsp3) is 0.571. The summed E-state index contributed by atoms with van der Waals surface area (Å²) in [5.74, 6) is 0.856. The second-order valence-corrected chi connectivity index (χ2v) is 6.45. The SMILES string of the molecule is COc1ccc(Br)c(C(N)CCC(C)(C)C)c1. The van der Waals surface area contributed by atoms with Crippen LogP contribution in [0.2, 0.25) is 0 Å². The lowest BCUT2D eigenvalue weighted by atomic mass is 9.87. The van der Waals surface area contributed by atoms with E-state index >= 15 is 0 Å². The van der Waals surface area contributed by atoms with Crippen molar-refractivity contribution in [2.24, 2.45) is 11.1 Å². The van der Waals surface area contributed by atoms with Crippen molar-refractivity contribution in [2.45, 2.75) is 39.7 Å². The quantitative estimate of drug-likeness (QED) is 0.900. The van der Waals surface area contributed by atoms with Gasteiger partial charge in [-0.25, -0.2) is 0 Å². The summed E-state index contributed by atoms with van der Waals surface area (Å²) in [5.41, 5.74) is 7.68. The largest absolute Gasteiger partial charge is 0.497 e. The Bertz CT molecular complexity index is 371. The predicted molar refractivity (Wildman–Crippen MR) is 76.3 cm³/mol. The van der Waals surface area contributed by atoms with Crippen LogP contribution in [-0.2, 0) is 0 Å². The van der Waals surface area contributed by atoms with Gasteiger partial charge in [-0.05, 0) is 42.0 Å². The van der Waals surface area contributed by atoms with Crippen LogP contribution in [0, 0.1) is 5.41 Å². The number of methoxy groups -OCH3 is 1. The molecule has 0 fully saturated rings. The van der Waals surface area contributed by atoms with Crippen LogP contribution in [0.25, 0.3) is 0 Å². The molecule has 2 nitrogen and oxygen atoms in total. The summed E-state index contributed by atoms with van der Waals surface area (Å²) in [7, 11) is 1.67. The Morgan fingerprint density at radius 1 is 1.35 bits per heavy atom. The van der Waals surface area contributed by atoms with Crippen LogP contribution in [0.5, 0.6) is 5.75 Å². The van der Waals surface area contributed by atoms with E-state index in [4.69, 9.17) is 10.5 Å². The maximum Gasteiger partial charge on any atom is 0.119 e. The first kappa shape index (κ1) is 14.5. The molecule has 0 saturated carbocycles. The lowest BCUT2D eigenvalue weighted by Gasteiger charge is -2.22. The Morgan fingerprint density at radius 3 is 2.53 bits per heavy atom. The molecule has 0 aromatic heterocycles. The molecule has 0 bridgehead atoms. The zero-order valence-electron chi connectivity index (χ0n) is 11.1. The standard InChI is InChI=1S/C14H22BrNO/c1-14(2,3)8-7-13(16)11-9-10(17-4)5-6-12(11)15/h5-6,9,13H,7-8,16H2,1-4H3. The van der Waals surface area contributed by atoms with Crippen molar-refractivity contribution < 1.29 is 4.74 Å². The molecule has 0 saturated heterocycles. The van der Waals surface area contributed by atoms with Gasteiger partial charge in [-0.15, -0.1) is 0 Å². The van der Waals surface area contributed by atoms with Crippen LogP contribution in [0.4, 0.5) is 0 Å². The van der Waals surface area contributed by atoms with E-state index in [9.17, 15) is 0 Å². The molecule has 0 spiro atoms. The molecule has 1 unspecified atom stereocenters. The number of hydrogen-bond donors (Lipinski definition) is 1. The van der Waals surface area contributed by atoms with Crippen LogP contribution in [-0.4, -0.2) is 7.11 Å². The zero-order valence-corrected chi connectivity index (χ0v) is 12.7. The molecule has 0 aliphatic rings. The molecule has 1 atom stereocenters. The van der Waals surface area contributed by atoms with Crippen molar-refractivity contribution in [3.05, 3.63) is 28.2 Å². The molecule has 0 aliphatic carbocycles. The third-order valence-corrected chi connectivity index (χ3v) is 3.53. The molecule has 1 rings (SSSR count). The number of rotatable bonds is 4. The normalized spacial score (nSPS) is 13.5. The smallest absolute Gasteiger partial charge is 0.119 e. The van der Waals surface area contributed by atoms with Gasteiger partial charge < -0.3 is 10.5 Å². The van der Waals surface area contributed by atoms with Crippen molar-refractivity contribution in [3.63, 3.8) is 0 Å². The fourth-order valence-electron chi connectivity index (χ4n) is 1.68. The maximum absolute atomic E-state index is 6.24. The van der Waals surface area contributed by atoms with Gasteiger partial charge in [0.05, 0.1) is 7.11 Å². The van der Waals surface area contributed by atoms with Crippen molar-refractivity contribution in [2.75, 3.05) is 7.11 Å². The average Bonchev–Trinajstić information content (AvgIpc) is 2.25. The molecule has 1 aromatic rings. The minimum Gasteiger partial charge on any atom is -0.497 e. The number of nitrogens with two attached hydrogens (primary N) is 1. The van der Waals surface area contributed by atoms with E-state index < -0.39 is 0 Å². The van der Waals surface area contributed by atoms with Gasteiger partial charge in [-0.2, -0.15) is 0 Å². The topological polar surface area (TPSA) is 35.2 Å². The van der Waals surface area contributed by atoms with Crippen molar-refractivity contribution >= 4 is 15.9 Å². The molecule has 2 N–H and O–H groups in total. The van der Waals surface area contributed by atoms with Gasteiger partial charge in [0.2, 0.25) is 0 Å². The first-order chi connectivity index (χ1) is 7.83. The third kappa shape index (κ3) is 4.68. The summed E-state index contributed by atoms with van der Waals surface area (Å²) in [6, 6.07) is 5.99. The summed E-state index contributed by atoms with van der Waals surface area (Å²) in [6.45, 7) is 6.71. The summed E-state index contributed by atoms with van der Waals surface area (Å²) >= 11 is 3.55. The van der Waals surface area contributed by atoms with E-state index in [1.807, 2.05) is 18.2 Å². The van der Waals surface area contributed by atoms with E-state index in [1.165, 1.54) is 0 Å². The lowest BCUT2D eigenvalue weighted by Crippen LogP contribution is -2.15. The number of benzene rings is 1. The van der Waals surface area contributed by atoms with E-state index in [0.717, 1.165) is 28.6 Å². The van der Waals surface area contributed by atoms with Gasteiger partial charge in [0.25, 0.3) is 0 Å². The molecule has 17 heavy (non-hydrogen) atoms. The summed E-state index contributed by atoms with van der Waals surface area (Å²) in [6.07, 6.45) is 2.09. The van der Waals surface area contributed by atoms with E-state index in [1.54, 1.807) is 7.11 Å². The summed E-state index contributed by atoms with van der Waals surface area (Å²) < 4.78 is 6.28. The highest BCUT2D eigenvalue weighted by atomic mass is 79.9. The van der Waals surface area contributed by atoms with Crippen LogP contribution < -0.4 is 10.5 Å². The minimum atomic E-state index is 0.0544. The lowest BCUT2D eigenvalue weighted by molar-refractivity contribution is 0.349. The van der Waals surface area contributed by atoms with Gasteiger partial charge in [-0.1, -0.05) is 36.7 Å². The summed E-state index contributed by atoms with van der Waals surface area (Å²) in [4.78, 5) is 0. The molecule has 3 heteroatoms. The van der Waals surface area contributed by atoms with Crippen LogP contribution >= 0.6 is 15.9 Å². The zero-order chi connectivity index (χ0) is 13.1. The molecule has 0 aliphatic heterocycles. The maximum atomic E-state index is 6.24. The predicted octanol–water partition coefficient (Wildman–Crippen LogP) is 4.28. The summed E-state index contributed by atoms with van der Waals surface area (Å²) in [5, 5.41) is 0. The van der Waals surface area contributed by atoms with Gasteiger partial charge in [0.1, 0.15) is 5.75 Å². The Hall–Kier alpha value is -0.540. The van der Waals surface area contributed by atoms with Crippen molar-refractivity contribution in [1.82, 2.24) is 0 Å². The monoisotopic (exact) mass is 299 g/mol.